The summed E-state index contributed by atoms with van der Waals surface area (Å²) >= 11 is 6.08. The number of rotatable bonds is 6. The van der Waals surface area contributed by atoms with Gasteiger partial charge in [-0.25, -0.2) is 4.98 Å². The van der Waals surface area contributed by atoms with E-state index in [4.69, 9.17) is 16.3 Å². The number of benzene rings is 2. The van der Waals surface area contributed by atoms with Crippen LogP contribution >= 0.6 is 11.6 Å². The summed E-state index contributed by atoms with van der Waals surface area (Å²) in [5, 5.41) is 7.14. The van der Waals surface area contributed by atoms with E-state index in [0.29, 0.717) is 23.3 Å². The van der Waals surface area contributed by atoms with Crippen LogP contribution in [0.1, 0.15) is 16.8 Å². The van der Waals surface area contributed by atoms with Gasteiger partial charge in [0.2, 0.25) is 5.95 Å². The Kier molecular flexibility index (Phi) is 5.58. The van der Waals surface area contributed by atoms with Crippen molar-refractivity contribution in [2.45, 2.75) is 20.4 Å². The lowest BCUT2D eigenvalue weighted by atomic mass is 10.1. The maximum atomic E-state index is 6.08. The van der Waals surface area contributed by atoms with Gasteiger partial charge in [0.1, 0.15) is 11.6 Å². The smallest absolute Gasteiger partial charge is 0.229 e. The summed E-state index contributed by atoms with van der Waals surface area (Å²) in [7, 11) is 1.61. The first-order valence-electron chi connectivity index (χ1n) is 8.29. The Balaban J connectivity index is 1.78. The SMILES string of the molecule is COc1ccc(Cl)cc1Nc1nc(C)cc(NCc2cccc(C)c2)n1. The van der Waals surface area contributed by atoms with Crippen LogP contribution in [0.4, 0.5) is 17.5 Å². The number of anilines is 3. The molecule has 0 saturated heterocycles. The number of methoxy groups -OCH3 is 1. The molecule has 0 atom stereocenters. The Bertz CT molecular complexity index is 914. The molecular weight excluding hydrogens is 348 g/mol. The highest BCUT2D eigenvalue weighted by Crippen LogP contribution is 2.29. The second-order valence-corrected chi connectivity index (χ2v) is 6.47. The van der Waals surface area contributed by atoms with Gasteiger partial charge in [-0.3, -0.25) is 0 Å². The van der Waals surface area contributed by atoms with Crippen LogP contribution < -0.4 is 15.4 Å². The number of halogens is 1. The van der Waals surface area contributed by atoms with E-state index in [0.717, 1.165) is 17.2 Å². The van der Waals surface area contributed by atoms with Crippen molar-refractivity contribution in [2.24, 2.45) is 0 Å². The van der Waals surface area contributed by atoms with Gasteiger partial charge in [-0.05, 0) is 37.6 Å². The third kappa shape index (κ3) is 4.64. The van der Waals surface area contributed by atoms with Gasteiger partial charge >= 0.3 is 0 Å². The highest BCUT2D eigenvalue weighted by molar-refractivity contribution is 6.31. The van der Waals surface area contributed by atoms with Gasteiger partial charge in [0.25, 0.3) is 0 Å². The van der Waals surface area contributed by atoms with Crippen LogP contribution in [-0.4, -0.2) is 17.1 Å². The minimum absolute atomic E-state index is 0.484. The van der Waals surface area contributed by atoms with Crippen molar-refractivity contribution in [2.75, 3.05) is 17.7 Å². The van der Waals surface area contributed by atoms with Gasteiger partial charge in [0.05, 0.1) is 12.8 Å². The Morgan fingerprint density at radius 2 is 1.88 bits per heavy atom. The Labute approximate surface area is 158 Å². The maximum absolute atomic E-state index is 6.08. The average Bonchev–Trinajstić information content (AvgIpc) is 2.60. The molecule has 2 aromatic carbocycles. The van der Waals surface area contributed by atoms with Crippen molar-refractivity contribution in [3.05, 3.63) is 70.4 Å². The summed E-state index contributed by atoms with van der Waals surface area (Å²) in [5.74, 6) is 1.91. The summed E-state index contributed by atoms with van der Waals surface area (Å²) in [5.41, 5.74) is 4.01. The van der Waals surface area contributed by atoms with Gasteiger partial charge in [-0.2, -0.15) is 4.98 Å². The average molecular weight is 369 g/mol. The van der Waals surface area contributed by atoms with Gasteiger partial charge in [0.15, 0.2) is 0 Å². The van der Waals surface area contributed by atoms with Gasteiger partial charge in [-0.15, -0.1) is 0 Å². The number of ether oxygens (including phenoxy) is 1. The molecule has 1 aromatic heterocycles. The Morgan fingerprint density at radius 3 is 2.65 bits per heavy atom. The second-order valence-electron chi connectivity index (χ2n) is 6.03. The lowest BCUT2D eigenvalue weighted by Gasteiger charge is -2.13. The quantitative estimate of drug-likeness (QED) is 0.633. The van der Waals surface area contributed by atoms with E-state index < -0.39 is 0 Å². The fraction of sp³-hybridized carbons (Fsp3) is 0.200. The van der Waals surface area contributed by atoms with Crippen LogP contribution in [0.3, 0.4) is 0 Å². The standard InChI is InChI=1S/C20H21ClN4O/c1-13-5-4-6-15(9-13)12-22-19-10-14(2)23-20(25-19)24-17-11-16(21)7-8-18(17)26-3/h4-11H,12H2,1-3H3,(H2,22,23,24,25). The molecular formula is C20H21ClN4O. The van der Waals surface area contributed by atoms with Crippen LogP contribution in [0.15, 0.2) is 48.5 Å². The lowest BCUT2D eigenvalue weighted by Crippen LogP contribution is -2.06. The molecule has 134 valence electrons. The molecule has 3 aromatic rings. The normalized spacial score (nSPS) is 10.5. The fourth-order valence-electron chi connectivity index (χ4n) is 2.63. The molecule has 6 heteroatoms. The zero-order chi connectivity index (χ0) is 18.5. The van der Waals surface area contributed by atoms with Crippen LogP contribution in [0.2, 0.25) is 5.02 Å². The summed E-state index contributed by atoms with van der Waals surface area (Å²) in [6, 6.07) is 15.6. The van der Waals surface area contributed by atoms with Gasteiger partial charge < -0.3 is 15.4 Å². The maximum Gasteiger partial charge on any atom is 0.229 e. The molecule has 0 aliphatic heterocycles. The van der Waals surface area contributed by atoms with Crippen molar-refractivity contribution >= 4 is 29.1 Å². The molecule has 0 aliphatic carbocycles. The van der Waals surface area contributed by atoms with E-state index in [2.05, 4.69) is 51.8 Å². The highest BCUT2D eigenvalue weighted by Gasteiger charge is 2.08. The number of aromatic nitrogens is 2. The van der Waals surface area contributed by atoms with E-state index in [-0.39, 0.29) is 0 Å². The lowest BCUT2D eigenvalue weighted by molar-refractivity contribution is 0.417. The monoisotopic (exact) mass is 368 g/mol. The van der Waals surface area contributed by atoms with Crippen molar-refractivity contribution in [1.29, 1.82) is 0 Å². The number of aryl methyl sites for hydroxylation is 2. The molecule has 0 bridgehead atoms. The first kappa shape index (κ1) is 18.0. The first-order chi connectivity index (χ1) is 12.5. The number of nitrogens with zero attached hydrogens (tertiary/aromatic N) is 2. The summed E-state index contributed by atoms with van der Waals surface area (Å²) < 4.78 is 5.36. The number of nitrogens with one attached hydrogen (secondary N) is 2. The molecule has 0 unspecified atom stereocenters. The third-order valence-corrected chi connectivity index (χ3v) is 4.05. The largest absolute Gasteiger partial charge is 0.495 e. The zero-order valence-electron chi connectivity index (χ0n) is 15.0. The molecule has 0 aliphatic rings. The summed E-state index contributed by atoms with van der Waals surface area (Å²) in [6.07, 6.45) is 0. The zero-order valence-corrected chi connectivity index (χ0v) is 15.8. The van der Waals surface area contributed by atoms with E-state index in [1.807, 2.05) is 13.0 Å². The van der Waals surface area contributed by atoms with E-state index in [1.54, 1.807) is 25.3 Å². The predicted molar refractivity (Wildman–Crippen MR) is 107 cm³/mol. The molecule has 5 nitrogen and oxygen atoms in total. The minimum atomic E-state index is 0.484. The molecule has 2 N–H and O–H groups in total. The van der Waals surface area contributed by atoms with Gasteiger partial charge in [0, 0.05) is 23.3 Å². The van der Waals surface area contributed by atoms with Crippen molar-refractivity contribution in [3.63, 3.8) is 0 Å². The highest BCUT2D eigenvalue weighted by atomic mass is 35.5. The number of hydrogen-bond acceptors (Lipinski definition) is 5. The number of hydrogen-bond donors (Lipinski definition) is 2. The molecule has 26 heavy (non-hydrogen) atoms. The van der Waals surface area contributed by atoms with E-state index in [9.17, 15) is 0 Å². The van der Waals surface area contributed by atoms with Crippen LogP contribution in [0.5, 0.6) is 5.75 Å². The molecule has 0 radical (unpaired) electrons. The third-order valence-electron chi connectivity index (χ3n) is 3.82. The molecule has 0 spiro atoms. The Hall–Kier alpha value is -2.79. The molecule has 0 amide bonds. The topological polar surface area (TPSA) is 59.1 Å². The van der Waals surface area contributed by atoms with Crippen LogP contribution in [0.25, 0.3) is 0 Å². The first-order valence-corrected chi connectivity index (χ1v) is 8.67. The van der Waals surface area contributed by atoms with E-state index >= 15 is 0 Å². The van der Waals surface area contributed by atoms with Crippen molar-refractivity contribution in [1.82, 2.24) is 9.97 Å². The van der Waals surface area contributed by atoms with Gasteiger partial charge in [-0.1, -0.05) is 41.4 Å². The van der Waals surface area contributed by atoms with Crippen molar-refractivity contribution in [3.8, 4) is 5.75 Å². The summed E-state index contributed by atoms with van der Waals surface area (Å²) in [6.45, 7) is 4.71. The molecule has 0 saturated carbocycles. The second kappa shape index (κ2) is 8.06. The van der Waals surface area contributed by atoms with Crippen LogP contribution in [-0.2, 0) is 6.54 Å². The van der Waals surface area contributed by atoms with Crippen molar-refractivity contribution < 1.29 is 4.74 Å². The molecule has 0 fully saturated rings. The molecule has 1 heterocycles. The van der Waals surface area contributed by atoms with Crippen LogP contribution in [0, 0.1) is 13.8 Å². The van der Waals surface area contributed by atoms with E-state index in [1.165, 1.54) is 11.1 Å². The molecule has 3 rings (SSSR count). The Morgan fingerprint density at radius 1 is 1.04 bits per heavy atom. The fourth-order valence-corrected chi connectivity index (χ4v) is 2.80. The summed E-state index contributed by atoms with van der Waals surface area (Å²) in [4.78, 5) is 8.98. The minimum Gasteiger partial charge on any atom is -0.495 e. The predicted octanol–water partition coefficient (Wildman–Crippen LogP) is 5.11.